The van der Waals surface area contributed by atoms with Crippen LogP contribution in [0.15, 0.2) is 18.5 Å². The van der Waals surface area contributed by atoms with E-state index in [9.17, 15) is 9.59 Å². The number of carbonyl (C=O) groups excluding carboxylic acids is 1. The van der Waals surface area contributed by atoms with Gasteiger partial charge in [0.2, 0.25) is 5.91 Å². The van der Waals surface area contributed by atoms with Crippen LogP contribution in [0.3, 0.4) is 0 Å². The normalized spacial score (nSPS) is 16.2. The quantitative estimate of drug-likeness (QED) is 0.856. The molecular formula is C13H17N3O3. The Morgan fingerprint density at radius 3 is 2.63 bits per heavy atom. The van der Waals surface area contributed by atoms with E-state index in [1.807, 2.05) is 4.90 Å². The van der Waals surface area contributed by atoms with Crippen LogP contribution in [0.1, 0.15) is 30.1 Å². The Labute approximate surface area is 111 Å². The molecule has 0 unspecified atom stereocenters. The maximum absolute atomic E-state index is 11.2. The number of pyridine rings is 1. The molecule has 19 heavy (non-hydrogen) atoms. The molecule has 0 spiro atoms. The molecule has 1 aromatic rings. The summed E-state index contributed by atoms with van der Waals surface area (Å²) < 4.78 is 0. The SMILES string of the molecule is CC(=O)N1CCC(Nc2cncc(C(=O)O)c2)CC1. The van der Waals surface area contributed by atoms with Crippen LogP contribution in [0.4, 0.5) is 5.69 Å². The molecule has 0 radical (unpaired) electrons. The maximum Gasteiger partial charge on any atom is 0.337 e. The number of hydrogen-bond acceptors (Lipinski definition) is 4. The Bertz CT molecular complexity index is 482. The van der Waals surface area contributed by atoms with Crippen LogP contribution < -0.4 is 5.32 Å². The van der Waals surface area contributed by atoms with Crippen molar-refractivity contribution < 1.29 is 14.7 Å². The van der Waals surface area contributed by atoms with Crippen molar-refractivity contribution in [1.29, 1.82) is 0 Å². The van der Waals surface area contributed by atoms with Crippen LogP contribution >= 0.6 is 0 Å². The summed E-state index contributed by atoms with van der Waals surface area (Å²) in [5.74, 6) is -0.879. The highest BCUT2D eigenvalue weighted by atomic mass is 16.4. The number of amides is 1. The fourth-order valence-electron chi connectivity index (χ4n) is 2.21. The zero-order valence-electron chi connectivity index (χ0n) is 10.8. The third kappa shape index (κ3) is 3.43. The number of piperidine rings is 1. The zero-order valence-corrected chi connectivity index (χ0v) is 10.8. The highest BCUT2D eigenvalue weighted by Crippen LogP contribution is 2.17. The first-order chi connectivity index (χ1) is 9.06. The summed E-state index contributed by atoms with van der Waals surface area (Å²) in [5, 5.41) is 12.2. The second-order valence-corrected chi connectivity index (χ2v) is 4.69. The molecule has 2 rings (SSSR count). The number of likely N-dealkylation sites (tertiary alicyclic amines) is 1. The summed E-state index contributed by atoms with van der Waals surface area (Å²) in [6, 6.07) is 1.83. The lowest BCUT2D eigenvalue weighted by Crippen LogP contribution is -2.41. The number of hydrogen-bond donors (Lipinski definition) is 2. The Morgan fingerprint density at radius 1 is 1.37 bits per heavy atom. The van der Waals surface area contributed by atoms with Crippen molar-refractivity contribution in [3.05, 3.63) is 24.0 Å². The number of carbonyl (C=O) groups is 2. The molecule has 0 bridgehead atoms. The highest BCUT2D eigenvalue weighted by molar-refractivity contribution is 5.88. The van der Waals surface area contributed by atoms with Crippen LogP contribution in [0, 0.1) is 0 Å². The number of aromatic nitrogens is 1. The predicted molar refractivity (Wildman–Crippen MR) is 70.1 cm³/mol. The molecule has 102 valence electrons. The van der Waals surface area contributed by atoms with E-state index in [-0.39, 0.29) is 17.5 Å². The van der Waals surface area contributed by atoms with Crippen LogP contribution in [-0.4, -0.2) is 46.0 Å². The van der Waals surface area contributed by atoms with E-state index >= 15 is 0 Å². The van der Waals surface area contributed by atoms with Gasteiger partial charge in [-0.25, -0.2) is 4.79 Å². The van der Waals surface area contributed by atoms with E-state index in [0.717, 1.165) is 25.9 Å². The fourth-order valence-corrected chi connectivity index (χ4v) is 2.21. The summed E-state index contributed by atoms with van der Waals surface area (Å²) >= 11 is 0. The van der Waals surface area contributed by atoms with Crippen molar-refractivity contribution in [2.45, 2.75) is 25.8 Å². The molecule has 6 heteroatoms. The lowest BCUT2D eigenvalue weighted by molar-refractivity contribution is -0.129. The minimum absolute atomic E-state index is 0.105. The van der Waals surface area contributed by atoms with Crippen molar-refractivity contribution >= 4 is 17.6 Å². The number of carboxylic acids is 1. The van der Waals surface area contributed by atoms with Gasteiger partial charge in [0.25, 0.3) is 0 Å². The Kier molecular flexibility index (Phi) is 3.99. The second-order valence-electron chi connectivity index (χ2n) is 4.69. The second kappa shape index (κ2) is 5.69. The van der Waals surface area contributed by atoms with Crippen molar-refractivity contribution in [2.24, 2.45) is 0 Å². The molecule has 2 heterocycles. The molecule has 0 saturated carbocycles. The van der Waals surface area contributed by atoms with Crippen LogP contribution in [0.2, 0.25) is 0 Å². The van der Waals surface area contributed by atoms with Gasteiger partial charge in [0.05, 0.1) is 11.3 Å². The van der Waals surface area contributed by atoms with E-state index in [2.05, 4.69) is 10.3 Å². The van der Waals surface area contributed by atoms with E-state index in [1.165, 1.54) is 6.20 Å². The molecule has 1 saturated heterocycles. The molecule has 0 aromatic carbocycles. The smallest absolute Gasteiger partial charge is 0.337 e. The summed E-state index contributed by atoms with van der Waals surface area (Å²) in [4.78, 5) is 27.8. The number of rotatable bonds is 3. The van der Waals surface area contributed by atoms with Gasteiger partial charge in [-0.1, -0.05) is 0 Å². The van der Waals surface area contributed by atoms with Crippen molar-refractivity contribution in [2.75, 3.05) is 18.4 Å². The number of aromatic carboxylic acids is 1. The molecular weight excluding hydrogens is 246 g/mol. The standard InChI is InChI=1S/C13H17N3O3/c1-9(17)16-4-2-11(3-5-16)15-12-6-10(13(18)19)7-14-8-12/h6-8,11,15H,2-5H2,1H3,(H,18,19). The minimum atomic E-state index is -0.984. The van der Waals surface area contributed by atoms with Crippen LogP contribution in [0.5, 0.6) is 0 Å². The van der Waals surface area contributed by atoms with E-state index in [1.54, 1.807) is 19.2 Å². The van der Waals surface area contributed by atoms with Gasteiger partial charge in [-0.05, 0) is 18.9 Å². The van der Waals surface area contributed by atoms with E-state index < -0.39 is 5.97 Å². The van der Waals surface area contributed by atoms with Gasteiger partial charge in [0.1, 0.15) is 0 Å². The molecule has 1 aromatic heterocycles. The molecule has 2 N–H and O–H groups in total. The number of nitrogens with one attached hydrogen (secondary N) is 1. The average molecular weight is 263 g/mol. The van der Waals surface area contributed by atoms with Gasteiger partial charge in [0, 0.05) is 38.4 Å². The first-order valence-electron chi connectivity index (χ1n) is 6.26. The monoisotopic (exact) mass is 263 g/mol. The number of anilines is 1. The Hall–Kier alpha value is -2.11. The van der Waals surface area contributed by atoms with Gasteiger partial charge >= 0.3 is 5.97 Å². The summed E-state index contributed by atoms with van der Waals surface area (Å²) in [6.45, 7) is 3.05. The first kappa shape index (κ1) is 13.3. The predicted octanol–water partition coefficient (Wildman–Crippen LogP) is 1.20. The third-order valence-corrected chi connectivity index (χ3v) is 3.30. The number of nitrogens with zero attached hydrogens (tertiary/aromatic N) is 2. The lowest BCUT2D eigenvalue weighted by Gasteiger charge is -2.32. The largest absolute Gasteiger partial charge is 0.478 e. The molecule has 0 atom stereocenters. The van der Waals surface area contributed by atoms with Gasteiger partial charge < -0.3 is 15.3 Å². The zero-order chi connectivity index (χ0) is 13.8. The molecule has 0 aliphatic carbocycles. The summed E-state index contributed by atoms with van der Waals surface area (Å²) in [5.41, 5.74) is 0.882. The van der Waals surface area contributed by atoms with Crippen molar-refractivity contribution in [3.63, 3.8) is 0 Å². The Morgan fingerprint density at radius 2 is 2.05 bits per heavy atom. The van der Waals surface area contributed by atoms with Crippen molar-refractivity contribution in [3.8, 4) is 0 Å². The fraction of sp³-hybridized carbons (Fsp3) is 0.462. The molecule has 1 aliphatic heterocycles. The highest BCUT2D eigenvalue weighted by Gasteiger charge is 2.20. The topological polar surface area (TPSA) is 82.5 Å². The summed E-state index contributed by atoms with van der Waals surface area (Å²) in [6.07, 6.45) is 4.66. The van der Waals surface area contributed by atoms with Gasteiger partial charge in [-0.2, -0.15) is 0 Å². The third-order valence-electron chi connectivity index (χ3n) is 3.30. The maximum atomic E-state index is 11.2. The van der Waals surface area contributed by atoms with Gasteiger partial charge in [-0.3, -0.25) is 9.78 Å². The molecule has 6 nitrogen and oxygen atoms in total. The van der Waals surface area contributed by atoms with E-state index in [0.29, 0.717) is 5.69 Å². The molecule has 1 amide bonds. The van der Waals surface area contributed by atoms with Crippen molar-refractivity contribution in [1.82, 2.24) is 9.88 Å². The first-order valence-corrected chi connectivity index (χ1v) is 6.26. The minimum Gasteiger partial charge on any atom is -0.478 e. The molecule has 1 aliphatic rings. The van der Waals surface area contributed by atoms with Crippen LogP contribution in [-0.2, 0) is 4.79 Å². The average Bonchev–Trinajstić information content (AvgIpc) is 2.39. The van der Waals surface area contributed by atoms with Gasteiger partial charge in [0.15, 0.2) is 0 Å². The lowest BCUT2D eigenvalue weighted by atomic mass is 10.0. The molecule has 1 fully saturated rings. The van der Waals surface area contributed by atoms with Crippen LogP contribution in [0.25, 0.3) is 0 Å². The summed E-state index contributed by atoms with van der Waals surface area (Å²) in [7, 11) is 0. The van der Waals surface area contributed by atoms with E-state index in [4.69, 9.17) is 5.11 Å². The number of carboxylic acid groups (broad SMARTS) is 1. The Balaban J connectivity index is 1.94. The van der Waals surface area contributed by atoms with Gasteiger partial charge in [-0.15, -0.1) is 0 Å².